The van der Waals surface area contributed by atoms with Crippen molar-refractivity contribution in [2.45, 2.75) is 37.8 Å². The Morgan fingerprint density at radius 2 is 2.12 bits per heavy atom. The Bertz CT molecular complexity index is 389. The molecule has 1 aromatic rings. The van der Waals surface area contributed by atoms with E-state index in [1.165, 1.54) is 11.3 Å². The van der Waals surface area contributed by atoms with Crippen LogP contribution in [0.5, 0.6) is 0 Å². The van der Waals surface area contributed by atoms with Crippen molar-refractivity contribution in [2.75, 3.05) is 0 Å². The fourth-order valence-corrected chi connectivity index (χ4v) is 3.05. The maximum atomic E-state index is 11.9. The van der Waals surface area contributed by atoms with Crippen molar-refractivity contribution in [1.29, 1.82) is 0 Å². The lowest BCUT2D eigenvalue weighted by Crippen LogP contribution is -2.51. The molecule has 17 heavy (non-hydrogen) atoms. The van der Waals surface area contributed by atoms with Crippen LogP contribution < -0.4 is 11.1 Å². The molecule has 1 aliphatic carbocycles. The second-order valence-electron chi connectivity index (χ2n) is 4.25. The summed E-state index contributed by atoms with van der Waals surface area (Å²) in [4.78, 5) is 12.9. The first-order chi connectivity index (χ1) is 7.60. The lowest BCUT2D eigenvalue weighted by Gasteiger charge is -2.21. The van der Waals surface area contributed by atoms with Crippen LogP contribution in [0.3, 0.4) is 0 Å². The van der Waals surface area contributed by atoms with E-state index in [-0.39, 0.29) is 18.3 Å². The van der Waals surface area contributed by atoms with Crippen LogP contribution in [-0.4, -0.2) is 11.4 Å². The molecule has 0 aromatic carbocycles. The van der Waals surface area contributed by atoms with Gasteiger partial charge < -0.3 is 11.1 Å². The molecule has 1 aliphatic rings. The molecule has 1 amide bonds. The molecule has 3 nitrogen and oxygen atoms in total. The number of carbonyl (C=O) groups is 1. The predicted molar refractivity (Wildman–Crippen MR) is 73.8 cm³/mol. The monoisotopic (exact) mass is 294 g/mol. The standard InChI is InChI=1S/C11H15ClN2OS.ClH/c12-9-4-3-8(16-9)7-14-10(15)11(13)5-1-2-6-11;/h3-4H,1-2,5-7,13H2,(H,14,15);1H. The lowest BCUT2D eigenvalue weighted by molar-refractivity contribution is -0.126. The maximum Gasteiger partial charge on any atom is 0.240 e. The van der Waals surface area contributed by atoms with E-state index in [9.17, 15) is 4.79 Å². The molecule has 1 heterocycles. The molecule has 0 saturated heterocycles. The summed E-state index contributed by atoms with van der Waals surface area (Å²) in [5.74, 6) is -0.0328. The highest BCUT2D eigenvalue weighted by Crippen LogP contribution is 2.27. The van der Waals surface area contributed by atoms with Crippen molar-refractivity contribution < 1.29 is 4.79 Å². The third-order valence-electron chi connectivity index (χ3n) is 3.00. The van der Waals surface area contributed by atoms with Crippen molar-refractivity contribution >= 4 is 41.3 Å². The number of halogens is 2. The third-order valence-corrected chi connectivity index (χ3v) is 4.23. The van der Waals surface area contributed by atoms with Crippen LogP contribution in [0, 0.1) is 0 Å². The van der Waals surface area contributed by atoms with Gasteiger partial charge in [-0.3, -0.25) is 4.79 Å². The number of thiophene rings is 1. The first kappa shape index (κ1) is 14.8. The van der Waals surface area contributed by atoms with Gasteiger partial charge >= 0.3 is 0 Å². The summed E-state index contributed by atoms with van der Waals surface area (Å²) < 4.78 is 0.743. The molecule has 0 radical (unpaired) electrons. The third kappa shape index (κ3) is 3.58. The van der Waals surface area contributed by atoms with Crippen LogP contribution in [-0.2, 0) is 11.3 Å². The van der Waals surface area contributed by atoms with Gasteiger partial charge in [0, 0.05) is 4.88 Å². The summed E-state index contributed by atoms with van der Waals surface area (Å²) in [6, 6.07) is 3.76. The molecule has 0 aliphatic heterocycles. The topological polar surface area (TPSA) is 55.1 Å². The SMILES string of the molecule is Cl.NC1(C(=O)NCc2ccc(Cl)s2)CCCC1. The summed E-state index contributed by atoms with van der Waals surface area (Å²) >= 11 is 7.29. The average molecular weight is 295 g/mol. The molecule has 1 aromatic heterocycles. The molecule has 1 saturated carbocycles. The van der Waals surface area contributed by atoms with E-state index in [0.717, 1.165) is 34.9 Å². The quantitative estimate of drug-likeness (QED) is 0.901. The van der Waals surface area contributed by atoms with Crippen molar-refractivity contribution in [3.8, 4) is 0 Å². The number of hydrogen-bond acceptors (Lipinski definition) is 3. The molecule has 6 heteroatoms. The van der Waals surface area contributed by atoms with Crippen LogP contribution in [0.4, 0.5) is 0 Å². The molecule has 96 valence electrons. The Kier molecular flexibility index (Phi) is 5.25. The number of rotatable bonds is 3. The van der Waals surface area contributed by atoms with Gasteiger partial charge in [0.2, 0.25) is 5.91 Å². The average Bonchev–Trinajstić information content (AvgIpc) is 2.85. The Hall–Kier alpha value is -0.290. The summed E-state index contributed by atoms with van der Waals surface area (Å²) in [7, 11) is 0. The maximum absolute atomic E-state index is 11.9. The van der Waals surface area contributed by atoms with Gasteiger partial charge in [0.1, 0.15) is 0 Å². The first-order valence-corrected chi connectivity index (χ1v) is 6.61. The Morgan fingerprint density at radius 3 is 2.65 bits per heavy atom. The molecule has 3 N–H and O–H groups in total. The van der Waals surface area contributed by atoms with Gasteiger partial charge in [0.15, 0.2) is 0 Å². The first-order valence-electron chi connectivity index (χ1n) is 5.41. The molecular weight excluding hydrogens is 279 g/mol. The van der Waals surface area contributed by atoms with Crippen LogP contribution in [0.2, 0.25) is 4.34 Å². The second kappa shape index (κ2) is 6.05. The minimum atomic E-state index is -0.638. The number of nitrogens with two attached hydrogens (primary N) is 1. The fraction of sp³-hybridized carbons (Fsp3) is 0.545. The van der Waals surface area contributed by atoms with Crippen molar-refractivity contribution in [1.82, 2.24) is 5.32 Å². The zero-order valence-electron chi connectivity index (χ0n) is 9.37. The largest absolute Gasteiger partial charge is 0.350 e. The molecular formula is C11H16Cl2N2OS. The van der Waals surface area contributed by atoms with E-state index in [1.807, 2.05) is 12.1 Å². The zero-order chi connectivity index (χ0) is 11.6. The van der Waals surface area contributed by atoms with Crippen LogP contribution >= 0.6 is 35.3 Å². The predicted octanol–water partition coefficient (Wildman–Crippen LogP) is 2.71. The van der Waals surface area contributed by atoms with E-state index in [2.05, 4.69) is 5.32 Å². The molecule has 2 rings (SSSR count). The fourth-order valence-electron chi connectivity index (χ4n) is 2.02. The summed E-state index contributed by atoms with van der Waals surface area (Å²) in [6.45, 7) is 0.523. The normalized spacial score (nSPS) is 17.5. The molecule has 0 atom stereocenters. The Labute approximate surface area is 116 Å². The van der Waals surface area contributed by atoms with E-state index < -0.39 is 5.54 Å². The van der Waals surface area contributed by atoms with Crippen molar-refractivity contribution in [3.63, 3.8) is 0 Å². The molecule has 0 unspecified atom stereocenters. The minimum absolute atomic E-state index is 0. The van der Waals surface area contributed by atoms with Gasteiger partial charge in [-0.2, -0.15) is 0 Å². The van der Waals surface area contributed by atoms with Gasteiger partial charge in [0.05, 0.1) is 16.4 Å². The summed E-state index contributed by atoms with van der Waals surface area (Å²) in [6.07, 6.45) is 3.69. The van der Waals surface area contributed by atoms with Gasteiger partial charge in [-0.15, -0.1) is 23.7 Å². The van der Waals surface area contributed by atoms with Gasteiger partial charge in [-0.05, 0) is 25.0 Å². The Morgan fingerprint density at radius 1 is 1.47 bits per heavy atom. The van der Waals surface area contributed by atoms with E-state index in [1.54, 1.807) is 0 Å². The van der Waals surface area contributed by atoms with E-state index in [0.29, 0.717) is 6.54 Å². The Balaban J connectivity index is 0.00000144. The van der Waals surface area contributed by atoms with Crippen LogP contribution in [0.15, 0.2) is 12.1 Å². The van der Waals surface area contributed by atoms with Gasteiger partial charge in [-0.25, -0.2) is 0 Å². The molecule has 0 bridgehead atoms. The highest BCUT2D eigenvalue weighted by atomic mass is 35.5. The number of hydrogen-bond donors (Lipinski definition) is 2. The second-order valence-corrected chi connectivity index (χ2v) is 6.05. The van der Waals surface area contributed by atoms with E-state index in [4.69, 9.17) is 17.3 Å². The smallest absolute Gasteiger partial charge is 0.240 e. The van der Waals surface area contributed by atoms with Crippen LogP contribution in [0.1, 0.15) is 30.6 Å². The van der Waals surface area contributed by atoms with Gasteiger partial charge in [0.25, 0.3) is 0 Å². The van der Waals surface area contributed by atoms with E-state index >= 15 is 0 Å². The minimum Gasteiger partial charge on any atom is -0.350 e. The van der Waals surface area contributed by atoms with Crippen molar-refractivity contribution in [2.24, 2.45) is 5.73 Å². The van der Waals surface area contributed by atoms with Crippen LogP contribution in [0.25, 0.3) is 0 Å². The molecule has 1 fully saturated rings. The summed E-state index contributed by atoms with van der Waals surface area (Å²) in [5.41, 5.74) is 5.40. The highest BCUT2D eigenvalue weighted by Gasteiger charge is 2.36. The highest BCUT2D eigenvalue weighted by molar-refractivity contribution is 7.16. The number of carbonyl (C=O) groups excluding carboxylic acids is 1. The number of amides is 1. The zero-order valence-corrected chi connectivity index (χ0v) is 11.8. The van der Waals surface area contributed by atoms with Crippen molar-refractivity contribution in [3.05, 3.63) is 21.3 Å². The lowest BCUT2D eigenvalue weighted by atomic mass is 9.98. The summed E-state index contributed by atoms with van der Waals surface area (Å²) in [5, 5.41) is 2.88. The number of nitrogens with one attached hydrogen (secondary N) is 1. The molecule has 0 spiro atoms. The van der Waals surface area contributed by atoms with Gasteiger partial charge in [-0.1, -0.05) is 24.4 Å².